The molecule has 1 aromatic rings. The Morgan fingerprint density at radius 2 is 2.05 bits per heavy atom. The molecule has 6 heteroatoms. The van der Waals surface area contributed by atoms with Crippen LogP contribution >= 0.6 is 0 Å². The first-order chi connectivity index (χ1) is 9.71. The Morgan fingerprint density at radius 3 is 2.62 bits per heavy atom. The van der Waals surface area contributed by atoms with Gasteiger partial charge in [0.25, 0.3) is 0 Å². The van der Waals surface area contributed by atoms with Crippen LogP contribution in [0.4, 0.5) is 20.6 Å². The van der Waals surface area contributed by atoms with Crippen LogP contribution in [0, 0.1) is 5.82 Å². The minimum atomic E-state index is -0.691. The molecular weight excluding hydrogens is 275 g/mol. The van der Waals surface area contributed by atoms with Gasteiger partial charge < -0.3 is 14.8 Å². The Hall–Kier alpha value is -1.82. The maximum absolute atomic E-state index is 13.7. The van der Waals surface area contributed by atoms with Crippen molar-refractivity contribution in [2.24, 2.45) is 0 Å². The fourth-order valence-electron chi connectivity index (χ4n) is 1.70. The van der Waals surface area contributed by atoms with Crippen LogP contribution in [0.3, 0.4) is 0 Å². The van der Waals surface area contributed by atoms with E-state index in [1.165, 1.54) is 12.1 Å². The number of hydrogen-bond donors (Lipinski definition) is 2. The Morgan fingerprint density at radius 1 is 1.38 bits per heavy atom. The molecule has 0 aliphatic heterocycles. The average Bonchev–Trinajstić information content (AvgIpc) is 2.31. The van der Waals surface area contributed by atoms with Crippen LogP contribution in [0.15, 0.2) is 18.2 Å². The number of nitrogens with one attached hydrogen (secondary N) is 2. The number of amides is 1. The lowest BCUT2D eigenvalue weighted by molar-refractivity contribution is 0.0635. The monoisotopic (exact) mass is 298 g/mol. The first-order valence-corrected chi connectivity index (χ1v) is 6.76. The molecule has 1 atom stereocenters. The number of halogens is 1. The summed E-state index contributed by atoms with van der Waals surface area (Å²) in [5.74, 6) is -0.522. The molecule has 21 heavy (non-hydrogen) atoms. The Kier molecular flexibility index (Phi) is 5.96. The molecule has 5 nitrogen and oxygen atoms in total. The minimum absolute atomic E-state index is 0.0647. The topological polar surface area (TPSA) is 59.6 Å². The normalized spacial score (nSPS) is 12.7. The highest BCUT2D eigenvalue weighted by atomic mass is 19.1. The second-order valence-corrected chi connectivity index (χ2v) is 5.82. The lowest BCUT2D eigenvalue weighted by Gasteiger charge is -2.20. The van der Waals surface area contributed by atoms with Gasteiger partial charge in [0, 0.05) is 18.8 Å². The van der Waals surface area contributed by atoms with Crippen molar-refractivity contribution in [3.05, 3.63) is 24.0 Å². The number of anilines is 2. The molecule has 0 saturated heterocycles. The summed E-state index contributed by atoms with van der Waals surface area (Å²) in [4.78, 5) is 11.7. The first-order valence-electron chi connectivity index (χ1n) is 6.76. The molecule has 0 aromatic heterocycles. The number of carbonyl (C=O) groups is 1. The highest BCUT2D eigenvalue weighted by molar-refractivity contribution is 5.85. The molecule has 118 valence electrons. The number of ether oxygens (including phenoxy) is 2. The summed E-state index contributed by atoms with van der Waals surface area (Å²) < 4.78 is 23.8. The maximum atomic E-state index is 13.7. The van der Waals surface area contributed by atoms with Gasteiger partial charge in [0.2, 0.25) is 0 Å². The summed E-state index contributed by atoms with van der Waals surface area (Å²) >= 11 is 0. The van der Waals surface area contributed by atoms with E-state index in [1.54, 1.807) is 33.9 Å². The number of benzene rings is 1. The highest BCUT2D eigenvalue weighted by Gasteiger charge is 2.17. The predicted molar refractivity (Wildman–Crippen MR) is 81.2 cm³/mol. The van der Waals surface area contributed by atoms with Gasteiger partial charge in [-0.25, -0.2) is 9.18 Å². The van der Waals surface area contributed by atoms with Crippen LogP contribution in [0.5, 0.6) is 0 Å². The zero-order valence-electron chi connectivity index (χ0n) is 13.1. The Bertz CT molecular complexity index is 486. The number of hydrogen-bond acceptors (Lipinski definition) is 4. The Balaban J connectivity index is 2.76. The van der Waals surface area contributed by atoms with Crippen molar-refractivity contribution >= 4 is 17.5 Å². The lowest BCUT2D eigenvalue weighted by Crippen LogP contribution is -2.27. The molecule has 0 aliphatic rings. The van der Waals surface area contributed by atoms with Crippen molar-refractivity contribution in [2.75, 3.05) is 24.4 Å². The van der Waals surface area contributed by atoms with Gasteiger partial charge in [-0.15, -0.1) is 0 Å². The van der Waals surface area contributed by atoms with Crippen molar-refractivity contribution in [1.29, 1.82) is 0 Å². The zero-order chi connectivity index (χ0) is 16.0. The quantitative estimate of drug-likeness (QED) is 0.871. The molecule has 0 saturated carbocycles. The van der Waals surface area contributed by atoms with Gasteiger partial charge in [-0.3, -0.25) is 5.32 Å². The van der Waals surface area contributed by atoms with Gasteiger partial charge in [-0.05, 0) is 45.9 Å². The van der Waals surface area contributed by atoms with Gasteiger partial charge in [0.1, 0.15) is 11.4 Å². The maximum Gasteiger partial charge on any atom is 0.412 e. The number of carbonyl (C=O) groups excluding carboxylic acids is 1. The molecule has 1 unspecified atom stereocenters. The van der Waals surface area contributed by atoms with Crippen LogP contribution < -0.4 is 10.6 Å². The molecule has 0 spiro atoms. The van der Waals surface area contributed by atoms with Gasteiger partial charge in [0.05, 0.1) is 12.3 Å². The second-order valence-electron chi connectivity index (χ2n) is 5.82. The van der Waals surface area contributed by atoms with Crippen LogP contribution in [0.25, 0.3) is 0 Å². The summed E-state index contributed by atoms with van der Waals surface area (Å²) in [6.45, 7) is 7.69. The van der Waals surface area contributed by atoms with Crippen LogP contribution in [0.1, 0.15) is 27.7 Å². The van der Waals surface area contributed by atoms with Crippen molar-refractivity contribution < 1.29 is 18.7 Å². The van der Waals surface area contributed by atoms with Crippen LogP contribution in [0.2, 0.25) is 0 Å². The molecule has 1 aromatic carbocycles. The van der Waals surface area contributed by atoms with E-state index in [0.29, 0.717) is 12.3 Å². The SMILES string of the molecule is COCC(C)Nc1ccc(F)c(NC(=O)OC(C)(C)C)c1. The molecule has 2 N–H and O–H groups in total. The smallest absolute Gasteiger partial charge is 0.412 e. The standard InChI is InChI=1S/C15H23FN2O3/c1-10(9-20-5)17-11-6-7-12(16)13(8-11)18-14(19)21-15(2,3)4/h6-8,10,17H,9H2,1-5H3,(H,18,19). The molecule has 0 bridgehead atoms. The third-order valence-corrected chi connectivity index (χ3v) is 2.43. The molecule has 0 fully saturated rings. The van der Waals surface area contributed by atoms with Gasteiger partial charge in [0.15, 0.2) is 0 Å². The second kappa shape index (κ2) is 7.26. The van der Waals surface area contributed by atoms with E-state index in [2.05, 4.69) is 10.6 Å². The lowest BCUT2D eigenvalue weighted by atomic mass is 10.2. The molecule has 0 aliphatic carbocycles. The van der Waals surface area contributed by atoms with Crippen molar-refractivity contribution in [1.82, 2.24) is 0 Å². The van der Waals surface area contributed by atoms with Crippen molar-refractivity contribution in [3.63, 3.8) is 0 Å². The summed E-state index contributed by atoms with van der Waals surface area (Å²) in [6, 6.07) is 4.47. The predicted octanol–water partition coefficient (Wildman–Crippen LogP) is 3.62. The summed E-state index contributed by atoms with van der Waals surface area (Å²) in [5, 5.41) is 5.55. The summed E-state index contributed by atoms with van der Waals surface area (Å²) in [5.41, 5.74) is 0.120. The fraction of sp³-hybridized carbons (Fsp3) is 0.533. The third-order valence-electron chi connectivity index (χ3n) is 2.43. The highest BCUT2D eigenvalue weighted by Crippen LogP contribution is 2.21. The van der Waals surface area contributed by atoms with E-state index in [9.17, 15) is 9.18 Å². The molecule has 1 amide bonds. The van der Waals surface area contributed by atoms with E-state index in [-0.39, 0.29) is 11.7 Å². The van der Waals surface area contributed by atoms with Gasteiger partial charge in [-0.2, -0.15) is 0 Å². The molecular formula is C15H23FN2O3. The number of rotatable bonds is 5. The van der Waals surface area contributed by atoms with E-state index in [0.717, 1.165) is 0 Å². The number of methoxy groups -OCH3 is 1. The minimum Gasteiger partial charge on any atom is -0.444 e. The zero-order valence-corrected chi connectivity index (χ0v) is 13.1. The van der Waals surface area contributed by atoms with Gasteiger partial charge >= 0.3 is 6.09 Å². The van der Waals surface area contributed by atoms with E-state index in [1.807, 2.05) is 6.92 Å². The van der Waals surface area contributed by atoms with E-state index in [4.69, 9.17) is 9.47 Å². The molecule has 0 heterocycles. The van der Waals surface area contributed by atoms with E-state index < -0.39 is 17.5 Å². The van der Waals surface area contributed by atoms with E-state index >= 15 is 0 Å². The van der Waals surface area contributed by atoms with Crippen LogP contribution in [-0.4, -0.2) is 31.5 Å². The van der Waals surface area contributed by atoms with Gasteiger partial charge in [-0.1, -0.05) is 0 Å². The summed E-state index contributed by atoms with van der Waals surface area (Å²) in [7, 11) is 1.61. The molecule has 0 radical (unpaired) electrons. The van der Waals surface area contributed by atoms with Crippen LogP contribution in [-0.2, 0) is 9.47 Å². The van der Waals surface area contributed by atoms with Crippen molar-refractivity contribution in [3.8, 4) is 0 Å². The fourth-order valence-corrected chi connectivity index (χ4v) is 1.70. The van der Waals surface area contributed by atoms with Crippen molar-refractivity contribution in [2.45, 2.75) is 39.3 Å². The largest absolute Gasteiger partial charge is 0.444 e. The Labute approximate surface area is 124 Å². The first kappa shape index (κ1) is 17.2. The average molecular weight is 298 g/mol. The third kappa shape index (κ3) is 6.44. The molecule has 1 rings (SSSR count). The summed E-state index contributed by atoms with van der Waals surface area (Å²) in [6.07, 6.45) is -0.691.